The molecule has 1 N–H and O–H groups in total. The van der Waals surface area contributed by atoms with Crippen LogP contribution in [0.25, 0.3) is 0 Å². The molecule has 4 rings (SSSR count). The Morgan fingerprint density at radius 1 is 1.00 bits per heavy atom. The molecule has 0 radical (unpaired) electrons. The summed E-state index contributed by atoms with van der Waals surface area (Å²) in [7, 11) is -3.48. The van der Waals surface area contributed by atoms with Crippen LogP contribution in [-0.4, -0.2) is 31.7 Å². The molecule has 7 nitrogen and oxygen atoms in total. The van der Waals surface area contributed by atoms with Crippen molar-refractivity contribution in [3.8, 4) is 5.75 Å². The second-order valence-electron chi connectivity index (χ2n) is 7.46. The van der Waals surface area contributed by atoms with Crippen molar-refractivity contribution in [3.63, 3.8) is 0 Å². The Hall–Kier alpha value is -3.10. The first-order chi connectivity index (χ1) is 14.9. The Labute approximate surface area is 181 Å². The molecule has 0 saturated carbocycles. The molecule has 1 aliphatic heterocycles. The molecule has 0 spiro atoms. The molecule has 1 fully saturated rings. The molecular weight excluding hydrogens is 416 g/mol. The molecule has 1 aliphatic rings. The summed E-state index contributed by atoms with van der Waals surface area (Å²) in [5, 5.41) is 2.72. The fraction of sp³-hybridized carbons (Fsp3) is 0.261. The zero-order valence-corrected chi connectivity index (χ0v) is 18.0. The number of carbonyl (C=O) groups is 1. The lowest BCUT2D eigenvalue weighted by molar-refractivity contribution is 0.0992. The summed E-state index contributed by atoms with van der Waals surface area (Å²) in [6, 6.07) is 17.1. The predicted molar refractivity (Wildman–Crippen MR) is 117 cm³/mol. The highest BCUT2D eigenvalue weighted by atomic mass is 32.2. The summed E-state index contributed by atoms with van der Waals surface area (Å²) in [6.45, 7) is 3.31. The maximum atomic E-state index is 12.6. The average Bonchev–Trinajstić information content (AvgIpc) is 3.46. The number of ether oxygens (including phenoxy) is 1. The number of sulfonamides is 1. The molecule has 0 bridgehead atoms. The number of hydrogen-bond donors (Lipinski definition) is 1. The number of anilines is 1. The maximum absolute atomic E-state index is 12.6. The van der Waals surface area contributed by atoms with Crippen LogP contribution in [0.1, 0.15) is 34.7 Å². The van der Waals surface area contributed by atoms with Crippen molar-refractivity contribution in [2.75, 3.05) is 18.4 Å². The van der Waals surface area contributed by atoms with Crippen LogP contribution in [0.15, 0.2) is 70.0 Å². The van der Waals surface area contributed by atoms with Crippen molar-refractivity contribution >= 4 is 21.6 Å². The van der Waals surface area contributed by atoms with E-state index < -0.39 is 15.9 Å². The molecule has 1 saturated heterocycles. The second-order valence-corrected chi connectivity index (χ2v) is 9.40. The van der Waals surface area contributed by atoms with Crippen molar-refractivity contribution in [2.45, 2.75) is 31.3 Å². The van der Waals surface area contributed by atoms with Crippen molar-refractivity contribution in [1.29, 1.82) is 0 Å². The van der Waals surface area contributed by atoms with Gasteiger partial charge in [0.15, 0.2) is 5.76 Å². The summed E-state index contributed by atoms with van der Waals surface area (Å²) in [5.41, 5.74) is 1.63. The van der Waals surface area contributed by atoms with Gasteiger partial charge in [-0.2, -0.15) is 4.31 Å². The van der Waals surface area contributed by atoms with Crippen molar-refractivity contribution in [3.05, 3.63) is 77.7 Å². The van der Waals surface area contributed by atoms with Crippen LogP contribution in [0.5, 0.6) is 5.75 Å². The van der Waals surface area contributed by atoms with Gasteiger partial charge in [-0.15, -0.1) is 0 Å². The molecule has 0 aliphatic carbocycles. The Balaban J connectivity index is 1.35. The third kappa shape index (κ3) is 4.98. The summed E-state index contributed by atoms with van der Waals surface area (Å²) >= 11 is 0. The van der Waals surface area contributed by atoms with Crippen LogP contribution in [-0.2, 0) is 16.6 Å². The third-order valence-electron chi connectivity index (χ3n) is 5.10. The third-order valence-corrected chi connectivity index (χ3v) is 7.02. The lowest BCUT2D eigenvalue weighted by Crippen LogP contribution is -2.27. The molecule has 31 heavy (non-hydrogen) atoms. The Kier molecular flexibility index (Phi) is 6.11. The summed E-state index contributed by atoms with van der Waals surface area (Å²) in [6.07, 6.45) is 1.77. The normalized spacial score (nSPS) is 14.5. The Bertz CT molecular complexity index is 1150. The maximum Gasteiger partial charge on any atom is 0.291 e. The summed E-state index contributed by atoms with van der Waals surface area (Å²) in [4.78, 5) is 12.7. The lowest BCUT2D eigenvalue weighted by Gasteiger charge is -2.15. The van der Waals surface area contributed by atoms with E-state index in [1.54, 1.807) is 24.3 Å². The number of benzene rings is 2. The van der Waals surface area contributed by atoms with Gasteiger partial charge in [0.2, 0.25) is 10.0 Å². The molecule has 162 valence electrons. The monoisotopic (exact) mass is 440 g/mol. The van der Waals surface area contributed by atoms with Crippen molar-refractivity contribution in [2.24, 2.45) is 0 Å². The number of furan rings is 1. The zero-order valence-electron chi connectivity index (χ0n) is 17.2. The van der Waals surface area contributed by atoms with Gasteiger partial charge >= 0.3 is 0 Å². The Morgan fingerprint density at radius 3 is 2.35 bits per heavy atom. The van der Waals surface area contributed by atoms with E-state index in [0.717, 1.165) is 24.2 Å². The van der Waals surface area contributed by atoms with E-state index in [0.29, 0.717) is 24.5 Å². The molecular formula is C23H24N2O5S. The van der Waals surface area contributed by atoms with Crippen LogP contribution in [0.3, 0.4) is 0 Å². The fourth-order valence-electron chi connectivity index (χ4n) is 3.35. The minimum Gasteiger partial charge on any atom is -0.486 e. The number of rotatable bonds is 7. The van der Waals surface area contributed by atoms with Crippen LogP contribution < -0.4 is 10.1 Å². The Morgan fingerprint density at radius 2 is 1.68 bits per heavy atom. The fourth-order valence-corrected chi connectivity index (χ4v) is 4.86. The van der Waals surface area contributed by atoms with Gasteiger partial charge in [-0.1, -0.05) is 17.7 Å². The summed E-state index contributed by atoms with van der Waals surface area (Å²) in [5.74, 6) is 0.975. The second kappa shape index (κ2) is 8.95. The van der Waals surface area contributed by atoms with E-state index in [2.05, 4.69) is 5.32 Å². The van der Waals surface area contributed by atoms with E-state index in [9.17, 15) is 13.2 Å². The number of aryl methyl sites for hydroxylation is 1. The van der Waals surface area contributed by atoms with Crippen molar-refractivity contribution < 1.29 is 22.4 Å². The van der Waals surface area contributed by atoms with Crippen molar-refractivity contribution in [1.82, 2.24) is 4.31 Å². The number of hydrogen-bond acceptors (Lipinski definition) is 5. The first-order valence-corrected chi connectivity index (χ1v) is 11.6. The molecule has 1 amide bonds. The van der Waals surface area contributed by atoms with Gasteiger partial charge in [-0.25, -0.2) is 8.42 Å². The van der Waals surface area contributed by atoms with Crippen LogP contribution >= 0.6 is 0 Å². The largest absolute Gasteiger partial charge is 0.486 e. The number of amides is 1. The van der Waals surface area contributed by atoms with Gasteiger partial charge in [0.25, 0.3) is 5.91 Å². The van der Waals surface area contributed by atoms with Gasteiger partial charge < -0.3 is 14.5 Å². The van der Waals surface area contributed by atoms with Crippen LogP contribution in [0, 0.1) is 6.92 Å². The van der Waals surface area contributed by atoms with E-state index in [1.807, 2.05) is 31.2 Å². The quantitative estimate of drug-likeness (QED) is 0.595. The highest BCUT2D eigenvalue weighted by Gasteiger charge is 2.27. The standard InChI is InChI=1S/C23H24N2O5S/c1-17-4-8-19(9-5-17)29-16-20-10-13-22(30-20)23(26)24-18-6-11-21(12-7-18)31(27,28)25-14-2-3-15-25/h4-13H,2-3,14-16H2,1H3,(H,24,26). The van der Waals surface area contributed by atoms with Gasteiger partial charge in [0.05, 0.1) is 4.90 Å². The lowest BCUT2D eigenvalue weighted by atomic mass is 10.2. The average molecular weight is 441 g/mol. The van der Waals surface area contributed by atoms with E-state index >= 15 is 0 Å². The topological polar surface area (TPSA) is 88.8 Å². The van der Waals surface area contributed by atoms with Gasteiger partial charge in [-0.3, -0.25) is 4.79 Å². The molecule has 3 aromatic rings. The molecule has 2 aromatic carbocycles. The van der Waals surface area contributed by atoms with Crippen LogP contribution in [0.2, 0.25) is 0 Å². The molecule has 2 heterocycles. The first kappa shape index (κ1) is 21.1. The highest BCUT2D eigenvalue weighted by Crippen LogP contribution is 2.23. The smallest absolute Gasteiger partial charge is 0.291 e. The van der Waals surface area contributed by atoms with Gasteiger partial charge in [-0.05, 0) is 68.3 Å². The van der Waals surface area contributed by atoms with E-state index in [-0.39, 0.29) is 17.3 Å². The van der Waals surface area contributed by atoms with E-state index in [4.69, 9.17) is 9.15 Å². The minimum absolute atomic E-state index is 0.149. The van der Waals surface area contributed by atoms with Gasteiger partial charge in [0, 0.05) is 18.8 Å². The molecule has 0 atom stereocenters. The number of nitrogens with zero attached hydrogens (tertiary/aromatic N) is 1. The van der Waals surface area contributed by atoms with E-state index in [1.165, 1.54) is 16.4 Å². The molecule has 0 unspecified atom stereocenters. The van der Waals surface area contributed by atoms with Crippen LogP contribution in [0.4, 0.5) is 5.69 Å². The minimum atomic E-state index is -3.48. The first-order valence-electron chi connectivity index (χ1n) is 10.1. The predicted octanol–water partition coefficient (Wildman–Crippen LogP) is 4.20. The summed E-state index contributed by atoms with van der Waals surface area (Å²) < 4.78 is 37.9. The SMILES string of the molecule is Cc1ccc(OCc2ccc(C(=O)Nc3ccc(S(=O)(=O)N4CCCC4)cc3)o2)cc1. The molecule has 1 aromatic heterocycles. The highest BCUT2D eigenvalue weighted by molar-refractivity contribution is 7.89. The number of nitrogens with one attached hydrogen (secondary N) is 1. The molecule has 8 heteroatoms. The number of carbonyl (C=O) groups excluding carboxylic acids is 1. The van der Waals surface area contributed by atoms with Gasteiger partial charge in [0.1, 0.15) is 18.1 Å². The zero-order chi connectivity index (χ0) is 21.8.